The van der Waals surface area contributed by atoms with Crippen LogP contribution in [-0.2, 0) is 23.9 Å². The first-order valence-electron chi connectivity index (χ1n) is 11.8. The maximum Gasteiger partial charge on any atom is 0.326 e. The molecule has 2 N–H and O–H groups in total. The SMILES string of the molecule is C[C@H](NC(=O)c1ccccc1NC(=O)COC(=O)CN1C(=O)[C@@H]2CC=CC[C@H]2C1=O)c1ccccc1. The Kier molecular flexibility index (Phi) is 7.58. The van der Waals surface area contributed by atoms with Gasteiger partial charge in [-0.2, -0.15) is 0 Å². The van der Waals surface area contributed by atoms with E-state index in [0.29, 0.717) is 12.8 Å². The van der Waals surface area contributed by atoms with Gasteiger partial charge >= 0.3 is 5.97 Å². The van der Waals surface area contributed by atoms with Crippen LogP contribution < -0.4 is 10.6 Å². The van der Waals surface area contributed by atoms with Crippen LogP contribution in [0.4, 0.5) is 5.69 Å². The van der Waals surface area contributed by atoms with Crippen molar-refractivity contribution < 1.29 is 28.7 Å². The second-order valence-electron chi connectivity index (χ2n) is 8.78. The van der Waals surface area contributed by atoms with Crippen molar-refractivity contribution in [1.29, 1.82) is 0 Å². The van der Waals surface area contributed by atoms with Gasteiger partial charge in [0, 0.05) is 0 Å². The lowest BCUT2D eigenvalue weighted by Crippen LogP contribution is -2.37. The molecule has 0 bridgehead atoms. The van der Waals surface area contributed by atoms with E-state index in [1.54, 1.807) is 24.3 Å². The van der Waals surface area contributed by atoms with E-state index >= 15 is 0 Å². The van der Waals surface area contributed by atoms with Gasteiger partial charge in [-0.05, 0) is 37.5 Å². The number of carbonyl (C=O) groups is 5. The first-order chi connectivity index (χ1) is 17.3. The molecule has 2 aromatic rings. The number of hydrogen-bond donors (Lipinski definition) is 2. The van der Waals surface area contributed by atoms with Crippen molar-refractivity contribution in [3.63, 3.8) is 0 Å². The zero-order valence-electron chi connectivity index (χ0n) is 19.8. The number of nitrogens with zero attached hydrogens (tertiary/aromatic N) is 1. The summed E-state index contributed by atoms with van der Waals surface area (Å²) in [5.74, 6) is -3.54. The summed E-state index contributed by atoms with van der Waals surface area (Å²) < 4.78 is 5.00. The van der Waals surface area contributed by atoms with E-state index in [0.717, 1.165) is 10.5 Å². The Bertz CT molecular complexity index is 1180. The van der Waals surface area contributed by atoms with E-state index in [1.807, 2.05) is 49.4 Å². The molecular formula is C27H27N3O6. The molecule has 0 spiro atoms. The number of anilines is 1. The van der Waals surface area contributed by atoms with E-state index in [4.69, 9.17) is 4.74 Å². The minimum Gasteiger partial charge on any atom is -0.454 e. The Labute approximate surface area is 208 Å². The number of likely N-dealkylation sites (tertiary alicyclic amines) is 1. The predicted molar refractivity (Wildman–Crippen MR) is 130 cm³/mol. The van der Waals surface area contributed by atoms with Gasteiger partial charge in [0.2, 0.25) is 11.8 Å². The molecule has 9 nitrogen and oxygen atoms in total. The number of hydrogen-bond acceptors (Lipinski definition) is 6. The first-order valence-corrected chi connectivity index (χ1v) is 11.8. The summed E-state index contributed by atoms with van der Waals surface area (Å²) in [5, 5.41) is 5.48. The van der Waals surface area contributed by atoms with Crippen LogP contribution in [0.15, 0.2) is 66.7 Å². The molecule has 1 fully saturated rings. The largest absolute Gasteiger partial charge is 0.454 e. The molecule has 36 heavy (non-hydrogen) atoms. The van der Waals surface area contributed by atoms with Crippen molar-refractivity contribution in [2.75, 3.05) is 18.5 Å². The van der Waals surface area contributed by atoms with Crippen molar-refractivity contribution in [3.8, 4) is 0 Å². The number of esters is 1. The molecule has 1 aliphatic carbocycles. The van der Waals surface area contributed by atoms with Gasteiger partial charge in [-0.25, -0.2) is 0 Å². The zero-order valence-corrected chi connectivity index (χ0v) is 19.8. The molecule has 3 atom stereocenters. The summed E-state index contributed by atoms with van der Waals surface area (Å²) >= 11 is 0. The molecule has 0 radical (unpaired) electrons. The highest BCUT2D eigenvalue weighted by atomic mass is 16.5. The summed E-state index contributed by atoms with van der Waals surface area (Å²) in [6, 6.07) is 15.7. The number of para-hydroxylation sites is 1. The minimum atomic E-state index is -0.860. The fraction of sp³-hybridized carbons (Fsp3) is 0.296. The number of carbonyl (C=O) groups excluding carboxylic acids is 5. The number of benzene rings is 2. The fourth-order valence-electron chi connectivity index (χ4n) is 4.42. The molecule has 0 unspecified atom stereocenters. The van der Waals surface area contributed by atoms with Crippen LogP contribution in [0.2, 0.25) is 0 Å². The van der Waals surface area contributed by atoms with Gasteiger partial charge < -0.3 is 15.4 Å². The van der Waals surface area contributed by atoms with Gasteiger partial charge in [-0.3, -0.25) is 28.9 Å². The molecular weight excluding hydrogens is 462 g/mol. The lowest BCUT2D eigenvalue weighted by Gasteiger charge is -2.17. The van der Waals surface area contributed by atoms with E-state index < -0.39 is 36.9 Å². The molecule has 1 heterocycles. The molecule has 4 rings (SSSR count). The maximum absolute atomic E-state index is 12.8. The van der Waals surface area contributed by atoms with Crippen LogP contribution >= 0.6 is 0 Å². The van der Waals surface area contributed by atoms with Crippen LogP contribution in [0.1, 0.15) is 41.7 Å². The number of fused-ring (bicyclic) bond motifs is 1. The molecule has 1 saturated heterocycles. The molecule has 1 aliphatic heterocycles. The number of rotatable bonds is 8. The Morgan fingerprint density at radius 2 is 1.56 bits per heavy atom. The highest BCUT2D eigenvalue weighted by Gasteiger charge is 2.47. The summed E-state index contributed by atoms with van der Waals surface area (Å²) in [6.45, 7) is 0.698. The van der Waals surface area contributed by atoms with Crippen molar-refractivity contribution in [2.45, 2.75) is 25.8 Å². The van der Waals surface area contributed by atoms with E-state index in [2.05, 4.69) is 10.6 Å². The molecule has 4 amide bonds. The molecule has 9 heteroatoms. The Balaban J connectivity index is 1.30. The van der Waals surface area contributed by atoms with Gasteiger partial charge in [0.1, 0.15) is 6.54 Å². The first kappa shape index (κ1) is 24.8. The average molecular weight is 490 g/mol. The number of nitrogens with one attached hydrogen (secondary N) is 2. The lowest BCUT2D eigenvalue weighted by atomic mass is 9.85. The lowest BCUT2D eigenvalue weighted by molar-refractivity contribution is -0.154. The summed E-state index contributed by atoms with van der Waals surface area (Å²) in [5.41, 5.74) is 1.45. The van der Waals surface area contributed by atoms with E-state index in [9.17, 15) is 24.0 Å². The monoisotopic (exact) mass is 489 g/mol. The van der Waals surface area contributed by atoms with Crippen molar-refractivity contribution >= 4 is 35.3 Å². The molecule has 0 saturated carbocycles. The number of imide groups is 1. The quantitative estimate of drug-likeness (QED) is 0.334. The average Bonchev–Trinajstić information content (AvgIpc) is 3.13. The third-order valence-corrected chi connectivity index (χ3v) is 6.34. The van der Waals surface area contributed by atoms with Crippen LogP contribution in [-0.4, -0.2) is 47.6 Å². The minimum absolute atomic E-state index is 0.251. The Hall–Kier alpha value is -4.27. The van der Waals surface area contributed by atoms with Crippen LogP contribution in [0.3, 0.4) is 0 Å². The maximum atomic E-state index is 12.8. The van der Waals surface area contributed by atoms with Gasteiger partial charge in [-0.1, -0.05) is 54.6 Å². The second kappa shape index (κ2) is 11.0. The van der Waals surface area contributed by atoms with Crippen molar-refractivity contribution in [3.05, 3.63) is 77.9 Å². The van der Waals surface area contributed by atoms with Crippen LogP contribution in [0, 0.1) is 11.8 Å². The van der Waals surface area contributed by atoms with Crippen molar-refractivity contribution in [2.24, 2.45) is 11.8 Å². The Morgan fingerprint density at radius 3 is 2.22 bits per heavy atom. The zero-order chi connectivity index (χ0) is 25.7. The summed E-state index contributed by atoms with van der Waals surface area (Å²) in [7, 11) is 0. The number of amides is 4. The topological polar surface area (TPSA) is 122 Å². The molecule has 0 aromatic heterocycles. The highest BCUT2D eigenvalue weighted by Crippen LogP contribution is 2.34. The second-order valence-corrected chi connectivity index (χ2v) is 8.78. The van der Waals surface area contributed by atoms with Gasteiger partial charge in [0.25, 0.3) is 11.8 Å². The van der Waals surface area contributed by atoms with Crippen molar-refractivity contribution in [1.82, 2.24) is 10.2 Å². The highest BCUT2D eigenvalue weighted by molar-refractivity contribution is 6.07. The van der Waals surface area contributed by atoms with E-state index in [1.165, 1.54) is 0 Å². The van der Waals surface area contributed by atoms with E-state index in [-0.39, 0.29) is 35.0 Å². The van der Waals surface area contributed by atoms with Crippen LogP contribution in [0.25, 0.3) is 0 Å². The number of ether oxygens (including phenoxy) is 1. The smallest absolute Gasteiger partial charge is 0.326 e. The summed E-state index contributed by atoms with van der Waals surface area (Å²) in [4.78, 5) is 63.4. The fourth-order valence-corrected chi connectivity index (χ4v) is 4.42. The normalized spacial score (nSPS) is 19.4. The van der Waals surface area contributed by atoms with Crippen LogP contribution in [0.5, 0.6) is 0 Å². The molecule has 186 valence electrons. The van der Waals surface area contributed by atoms with Gasteiger partial charge in [-0.15, -0.1) is 0 Å². The van der Waals surface area contributed by atoms with Gasteiger partial charge in [0.05, 0.1) is 29.1 Å². The Morgan fingerprint density at radius 1 is 0.944 bits per heavy atom. The predicted octanol–water partition coefficient (Wildman–Crippen LogP) is 2.61. The molecule has 2 aliphatic rings. The van der Waals surface area contributed by atoms with Gasteiger partial charge in [0.15, 0.2) is 6.61 Å². The number of allylic oxidation sites excluding steroid dienone is 2. The third-order valence-electron chi connectivity index (χ3n) is 6.34. The third kappa shape index (κ3) is 5.51. The summed E-state index contributed by atoms with van der Waals surface area (Å²) in [6.07, 6.45) is 4.67. The standard InChI is InChI=1S/C27H27N3O6/c1-17(18-9-3-2-4-10-18)28-25(33)21-13-7-8-14-22(21)29-23(31)16-36-24(32)15-30-26(34)19-11-5-6-12-20(19)27(30)35/h2-10,13-14,17,19-20H,11-12,15-16H2,1H3,(H,28,33)(H,29,31)/t17-,19+,20+/m0/s1. The molecule has 2 aromatic carbocycles.